The number of nitrogens with zero attached hydrogens (tertiary/aromatic N) is 3. The fourth-order valence-corrected chi connectivity index (χ4v) is 4.72. The van der Waals surface area contributed by atoms with Crippen LogP contribution < -0.4 is 5.32 Å². The molecule has 0 atom stereocenters. The Labute approximate surface area is 156 Å². The van der Waals surface area contributed by atoms with Gasteiger partial charge in [0.25, 0.3) is 0 Å². The Balaban J connectivity index is 1.30. The predicted molar refractivity (Wildman–Crippen MR) is 99.7 cm³/mol. The second kappa shape index (κ2) is 8.09. The molecular formula is C20H32N4O2. The molecule has 1 aromatic heterocycles. The second-order valence-corrected chi connectivity index (χ2v) is 8.03. The Bertz CT molecular complexity index is 628. The summed E-state index contributed by atoms with van der Waals surface area (Å²) in [5.74, 6) is 0.575. The summed E-state index contributed by atoms with van der Waals surface area (Å²) in [7, 11) is 0. The Morgan fingerprint density at radius 2 is 2.00 bits per heavy atom. The molecule has 1 N–H and O–H groups in total. The summed E-state index contributed by atoms with van der Waals surface area (Å²) in [6.07, 6.45) is 7.67. The normalized spacial score (nSPS) is 22.5. The van der Waals surface area contributed by atoms with Crippen LogP contribution in [0.5, 0.6) is 0 Å². The SMILES string of the molecule is CCn1nc(CN2CCC(NC(=O)C3CCCC3)CC2)c2c1CCOC2. The maximum absolute atomic E-state index is 12.3. The number of carbonyl (C=O) groups excluding carboxylic acids is 1. The molecule has 1 saturated carbocycles. The van der Waals surface area contributed by atoms with Gasteiger partial charge in [0.1, 0.15) is 0 Å². The molecule has 144 valence electrons. The number of aromatic nitrogens is 2. The van der Waals surface area contributed by atoms with Crippen LogP contribution in [0.15, 0.2) is 0 Å². The van der Waals surface area contributed by atoms with Gasteiger partial charge < -0.3 is 10.1 Å². The molecule has 0 bridgehead atoms. The van der Waals surface area contributed by atoms with Gasteiger partial charge in [-0.1, -0.05) is 12.8 Å². The lowest BCUT2D eigenvalue weighted by Gasteiger charge is -2.32. The van der Waals surface area contributed by atoms with Gasteiger partial charge in [0.15, 0.2) is 0 Å². The molecular weight excluding hydrogens is 328 g/mol. The van der Waals surface area contributed by atoms with Crippen molar-refractivity contribution in [1.29, 1.82) is 0 Å². The molecule has 2 aliphatic heterocycles. The lowest BCUT2D eigenvalue weighted by molar-refractivity contribution is -0.125. The molecule has 3 aliphatic rings. The van der Waals surface area contributed by atoms with Crippen LogP contribution >= 0.6 is 0 Å². The van der Waals surface area contributed by atoms with Crippen molar-refractivity contribution in [3.63, 3.8) is 0 Å². The number of nitrogens with one attached hydrogen (secondary N) is 1. The van der Waals surface area contributed by atoms with Crippen LogP contribution in [0, 0.1) is 5.92 Å². The number of amides is 1. The highest BCUT2D eigenvalue weighted by Gasteiger charge is 2.28. The van der Waals surface area contributed by atoms with Gasteiger partial charge in [-0.25, -0.2) is 0 Å². The number of hydrogen-bond acceptors (Lipinski definition) is 4. The molecule has 1 aromatic rings. The first-order chi connectivity index (χ1) is 12.7. The van der Waals surface area contributed by atoms with Crippen molar-refractivity contribution in [3.8, 4) is 0 Å². The second-order valence-electron chi connectivity index (χ2n) is 8.03. The van der Waals surface area contributed by atoms with E-state index < -0.39 is 0 Å². The van der Waals surface area contributed by atoms with Crippen LogP contribution in [0.25, 0.3) is 0 Å². The molecule has 0 aromatic carbocycles. The van der Waals surface area contributed by atoms with Crippen LogP contribution in [0.3, 0.4) is 0 Å². The fraction of sp³-hybridized carbons (Fsp3) is 0.800. The average molecular weight is 361 g/mol. The summed E-state index contributed by atoms with van der Waals surface area (Å²) in [6, 6.07) is 0.352. The Kier molecular flexibility index (Phi) is 5.60. The Hall–Kier alpha value is -1.40. The third kappa shape index (κ3) is 3.81. The number of ether oxygens (including phenoxy) is 1. The first-order valence-electron chi connectivity index (χ1n) is 10.4. The molecule has 26 heavy (non-hydrogen) atoms. The number of rotatable bonds is 5. The molecule has 6 nitrogen and oxygen atoms in total. The average Bonchev–Trinajstić information content (AvgIpc) is 3.32. The van der Waals surface area contributed by atoms with E-state index >= 15 is 0 Å². The van der Waals surface area contributed by atoms with Crippen molar-refractivity contribution >= 4 is 5.91 Å². The molecule has 6 heteroatoms. The summed E-state index contributed by atoms with van der Waals surface area (Å²) in [5.41, 5.74) is 3.87. The number of carbonyl (C=O) groups is 1. The molecule has 0 radical (unpaired) electrons. The van der Waals surface area contributed by atoms with Gasteiger partial charge in [0.05, 0.1) is 18.9 Å². The molecule has 1 aliphatic carbocycles. The minimum Gasteiger partial charge on any atom is -0.376 e. The van der Waals surface area contributed by atoms with Crippen LogP contribution in [-0.4, -0.2) is 46.3 Å². The van der Waals surface area contributed by atoms with Crippen molar-refractivity contribution in [2.75, 3.05) is 19.7 Å². The van der Waals surface area contributed by atoms with Gasteiger partial charge >= 0.3 is 0 Å². The van der Waals surface area contributed by atoms with E-state index in [-0.39, 0.29) is 5.92 Å². The monoisotopic (exact) mass is 360 g/mol. The predicted octanol–water partition coefficient (Wildman–Crippen LogP) is 2.25. The summed E-state index contributed by atoms with van der Waals surface area (Å²) >= 11 is 0. The van der Waals surface area contributed by atoms with Crippen LogP contribution in [0.4, 0.5) is 0 Å². The Morgan fingerprint density at radius 1 is 1.23 bits per heavy atom. The third-order valence-electron chi connectivity index (χ3n) is 6.31. The van der Waals surface area contributed by atoms with E-state index in [4.69, 9.17) is 9.84 Å². The fourth-order valence-electron chi connectivity index (χ4n) is 4.72. The van der Waals surface area contributed by atoms with E-state index in [1.807, 2.05) is 0 Å². The van der Waals surface area contributed by atoms with E-state index in [0.717, 1.165) is 64.9 Å². The van der Waals surface area contributed by atoms with Gasteiger partial charge in [-0.3, -0.25) is 14.4 Å². The lowest BCUT2D eigenvalue weighted by Crippen LogP contribution is -2.45. The van der Waals surface area contributed by atoms with Crippen molar-refractivity contribution in [3.05, 3.63) is 17.0 Å². The minimum atomic E-state index is 0.276. The summed E-state index contributed by atoms with van der Waals surface area (Å²) < 4.78 is 7.83. The smallest absolute Gasteiger partial charge is 0.223 e. The van der Waals surface area contributed by atoms with Crippen molar-refractivity contribution in [2.45, 2.75) is 77.6 Å². The topological polar surface area (TPSA) is 59.4 Å². The quantitative estimate of drug-likeness (QED) is 0.875. The van der Waals surface area contributed by atoms with E-state index in [0.29, 0.717) is 18.6 Å². The standard InChI is InChI=1S/C20H32N4O2/c1-2-24-19-9-12-26-14-17(19)18(22-24)13-23-10-7-16(8-11-23)21-20(25)15-5-3-4-6-15/h15-16H,2-14H2,1H3,(H,21,25). The zero-order valence-corrected chi connectivity index (χ0v) is 16.0. The minimum absolute atomic E-state index is 0.276. The van der Waals surface area contributed by atoms with E-state index in [2.05, 4.69) is 21.8 Å². The molecule has 1 saturated heterocycles. The van der Waals surface area contributed by atoms with Crippen LogP contribution in [-0.2, 0) is 35.6 Å². The Morgan fingerprint density at radius 3 is 2.73 bits per heavy atom. The maximum Gasteiger partial charge on any atom is 0.223 e. The summed E-state index contributed by atoms with van der Waals surface area (Å²) in [5, 5.41) is 8.15. The molecule has 4 rings (SSSR count). The van der Waals surface area contributed by atoms with E-state index in [1.165, 1.54) is 29.8 Å². The van der Waals surface area contributed by atoms with Gasteiger partial charge in [-0.2, -0.15) is 5.10 Å². The molecule has 3 heterocycles. The van der Waals surface area contributed by atoms with Crippen molar-refractivity contribution in [2.24, 2.45) is 5.92 Å². The highest BCUT2D eigenvalue weighted by Crippen LogP contribution is 2.26. The van der Waals surface area contributed by atoms with Crippen LogP contribution in [0.2, 0.25) is 0 Å². The number of fused-ring (bicyclic) bond motifs is 1. The largest absolute Gasteiger partial charge is 0.376 e. The first-order valence-corrected chi connectivity index (χ1v) is 10.4. The molecule has 1 amide bonds. The van der Waals surface area contributed by atoms with Crippen LogP contribution in [0.1, 0.15) is 62.4 Å². The van der Waals surface area contributed by atoms with Gasteiger partial charge in [-0.15, -0.1) is 0 Å². The number of likely N-dealkylation sites (tertiary alicyclic amines) is 1. The molecule has 0 spiro atoms. The van der Waals surface area contributed by atoms with Gasteiger partial charge in [0.2, 0.25) is 5.91 Å². The third-order valence-corrected chi connectivity index (χ3v) is 6.31. The number of aryl methyl sites for hydroxylation is 1. The van der Waals surface area contributed by atoms with Gasteiger partial charge in [-0.05, 0) is 32.6 Å². The van der Waals surface area contributed by atoms with E-state index in [1.54, 1.807) is 0 Å². The molecule has 2 fully saturated rings. The molecule has 0 unspecified atom stereocenters. The first kappa shape index (κ1) is 18.0. The summed E-state index contributed by atoms with van der Waals surface area (Å²) in [4.78, 5) is 14.8. The number of hydrogen-bond donors (Lipinski definition) is 1. The maximum atomic E-state index is 12.3. The van der Waals surface area contributed by atoms with Crippen molar-refractivity contribution < 1.29 is 9.53 Å². The summed E-state index contributed by atoms with van der Waals surface area (Å²) in [6.45, 7) is 7.57. The zero-order chi connectivity index (χ0) is 17.9. The van der Waals surface area contributed by atoms with Crippen molar-refractivity contribution in [1.82, 2.24) is 20.0 Å². The highest BCUT2D eigenvalue weighted by atomic mass is 16.5. The van der Waals surface area contributed by atoms with E-state index in [9.17, 15) is 4.79 Å². The zero-order valence-electron chi connectivity index (χ0n) is 16.0. The number of piperidine rings is 1. The lowest BCUT2D eigenvalue weighted by atomic mass is 10.0. The highest BCUT2D eigenvalue weighted by molar-refractivity contribution is 5.79. The van der Waals surface area contributed by atoms with Gasteiger partial charge in [0, 0.05) is 55.8 Å².